The fourth-order valence-corrected chi connectivity index (χ4v) is 3.11. The first kappa shape index (κ1) is 19.8. The van der Waals surface area contributed by atoms with E-state index in [-0.39, 0.29) is 6.61 Å². The number of nitrogens with one attached hydrogen (secondary N) is 2. The van der Waals surface area contributed by atoms with Gasteiger partial charge < -0.3 is 10.1 Å². The minimum absolute atomic E-state index is 0.0871. The van der Waals surface area contributed by atoms with Crippen molar-refractivity contribution in [2.45, 2.75) is 13.0 Å². The van der Waals surface area contributed by atoms with E-state index >= 15 is 0 Å². The molecule has 0 radical (unpaired) electrons. The topological polar surface area (TPSA) is 101 Å². The number of pyridine rings is 1. The van der Waals surface area contributed by atoms with Crippen LogP contribution in [0, 0.1) is 0 Å². The molecule has 0 aliphatic heterocycles. The van der Waals surface area contributed by atoms with Gasteiger partial charge in [0, 0.05) is 43.6 Å². The molecule has 1 amide bonds. The lowest BCUT2D eigenvalue weighted by Gasteiger charge is -2.21. The standard InChI is InChI=1S/C21H24N4O3/c26-13-12-25(11-9-18-3-1-2-17-8-10-22-21(17)18)15-19-6-4-16(14-23-19)5-7-20(27)24-28/h1-8,10,14,22,26,28H,9,11-13,15H2,(H,24,27)/b7-5+. The van der Waals surface area contributed by atoms with E-state index in [1.54, 1.807) is 17.8 Å². The number of amides is 1. The highest BCUT2D eigenvalue weighted by atomic mass is 16.5. The first-order chi connectivity index (χ1) is 13.7. The molecule has 2 heterocycles. The van der Waals surface area contributed by atoms with E-state index in [1.165, 1.54) is 17.0 Å². The zero-order valence-electron chi connectivity index (χ0n) is 15.5. The van der Waals surface area contributed by atoms with Crippen molar-refractivity contribution in [3.8, 4) is 0 Å². The number of aromatic nitrogens is 2. The minimum atomic E-state index is -0.588. The zero-order chi connectivity index (χ0) is 19.8. The number of hydrogen-bond donors (Lipinski definition) is 4. The number of hydroxylamine groups is 1. The summed E-state index contributed by atoms with van der Waals surface area (Å²) in [6.45, 7) is 2.09. The van der Waals surface area contributed by atoms with E-state index in [0.717, 1.165) is 29.7 Å². The van der Waals surface area contributed by atoms with Gasteiger partial charge in [-0.25, -0.2) is 5.48 Å². The molecule has 0 unspecified atom stereocenters. The van der Waals surface area contributed by atoms with Gasteiger partial charge in [0.1, 0.15) is 0 Å². The molecule has 4 N–H and O–H groups in total. The smallest absolute Gasteiger partial charge is 0.267 e. The molecular formula is C21H24N4O3. The van der Waals surface area contributed by atoms with E-state index in [9.17, 15) is 9.90 Å². The van der Waals surface area contributed by atoms with Crippen molar-refractivity contribution in [2.24, 2.45) is 0 Å². The molecule has 28 heavy (non-hydrogen) atoms. The van der Waals surface area contributed by atoms with Crippen LogP contribution in [0.15, 0.2) is 54.9 Å². The van der Waals surface area contributed by atoms with Crippen LogP contribution in [0.3, 0.4) is 0 Å². The van der Waals surface area contributed by atoms with Gasteiger partial charge in [0.25, 0.3) is 5.91 Å². The van der Waals surface area contributed by atoms with Crippen molar-refractivity contribution in [3.63, 3.8) is 0 Å². The highest BCUT2D eigenvalue weighted by Gasteiger charge is 2.09. The van der Waals surface area contributed by atoms with E-state index in [2.05, 4.69) is 39.1 Å². The number of H-pyrrole nitrogens is 1. The van der Waals surface area contributed by atoms with Gasteiger partial charge in [-0.1, -0.05) is 24.3 Å². The van der Waals surface area contributed by atoms with Crippen molar-refractivity contribution in [3.05, 3.63) is 71.7 Å². The van der Waals surface area contributed by atoms with Crippen LogP contribution in [-0.2, 0) is 17.8 Å². The predicted molar refractivity (Wildman–Crippen MR) is 108 cm³/mol. The molecule has 0 spiro atoms. The molecule has 0 aliphatic carbocycles. The highest BCUT2D eigenvalue weighted by molar-refractivity contribution is 5.90. The Kier molecular flexibility index (Phi) is 6.91. The molecule has 3 rings (SSSR count). The molecule has 0 bridgehead atoms. The average molecular weight is 380 g/mol. The van der Waals surface area contributed by atoms with E-state index in [4.69, 9.17) is 5.21 Å². The summed E-state index contributed by atoms with van der Waals surface area (Å²) in [6.07, 6.45) is 7.30. The number of aliphatic hydroxyl groups excluding tert-OH is 1. The Morgan fingerprint density at radius 1 is 1.21 bits per heavy atom. The van der Waals surface area contributed by atoms with Crippen LogP contribution in [0.5, 0.6) is 0 Å². The Hall–Kier alpha value is -3.00. The van der Waals surface area contributed by atoms with Gasteiger partial charge in [-0.2, -0.15) is 0 Å². The van der Waals surface area contributed by atoms with Crippen LogP contribution in [0.1, 0.15) is 16.8 Å². The van der Waals surface area contributed by atoms with Crippen LogP contribution in [0.4, 0.5) is 0 Å². The monoisotopic (exact) mass is 380 g/mol. The first-order valence-electron chi connectivity index (χ1n) is 9.15. The van der Waals surface area contributed by atoms with Gasteiger partial charge in [-0.05, 0) is 41.1 Å². The molecule has 7 heteroatoms. The molecular weight excluding hydrogens is 356 g/mol. The Balaban J connectivity index is 1.62. The molecule has 7 nitrogen and oxygen atoms in total. The average Bonchev–Trinajstić information content (AvgIpc) is 3.21. The van der Waals surface area contributed by atoms with E-state index in [1.807, 2.05) is 18.3 Å². The molecule has 0 saturated carbocycles. The van der Waals surface area contributed by atoms with Crippen molar-refractivity contribution < 1.29 is 15.1 Å². The summed E-state index contributed by atoms with van der Waals surface area (Å²) in [4.78, 5) is 20.9. The normalized spacial score (nSPS) is 11.5. The second kappa shape index (κ2) is 9.80. The summed E-state index contributed by atoms with van der Waals surface area (Å²) in [5, 5.41) is 19.1. The molecule has 1 aromatic carbocycles. The van der Waals surface area contributed by atoms with Gasteiger partial charge in [-0.15, -0.1) is 0 Å². The van der Waals surface area contributed by atoms with Gasteiger partial charge in [0.05, 0.1) is 12.3 Å². The van der Waals surface area contributed by atoms with E-state index < -0.39 is 5.91 Å². The molecule has 0 atom stereocenters. The molecule has 0 saturated heterocycles. The highest BCUT2D eigenvalue weighted by Crippen LogP contribution is 2.18. The van der Waals surface area contributed by atoms with Crippen molar-refractivity contribution >= 4 is 22.9 Å². The first-order valence-corrected chi connectivity index (χ1v) is 9.15. The number of carbonyl (C=O) groups excluding carboxylic acids is 1. The third-order valence-corrected chi connectivity index (χ3v) is 4.56. The maximum Gasteiger partial charge on any atom is 0.267 e. The number of carbonyl (C=O) groups is 1. The van der Waals surface area contributed by atoms with Gasteiger partial charge in [0.2, 0.25) is 0 Å². The summed E-state index contributed by atoms with van der Waals surface area (Å²) in [5.74, 6) is -0.588. The molecule has 0 fully saturated rings. The number of aliphatic hydroxyl groups is 1. The lowest BCUT2D eigenvalue weighted by molar-refractivity contribution is -0.124. The predicted octanol–water partition coefficient (Wildman–Crippen LogP) is 2.12. The van der Waals surface area contributed by atoms with Crippen LogP contribution in [0.2, 0.25) is 0 Å². The Labute approximate surface area is 163 Å². The molecule has 146 valence electrons. The van der Waals surface area contributed by atoms with Gasteiger partial charge in [0.15, 0.2) is 0 Å². The lowest BCUT2D eigenvalue weighted by atomic mass is 10.1. The number of nitrogens with zero attached hydrogens (tertiary/aromatic N) is 2. The largest absolute Gasteiger partial charge is 0.395 e. The number of fused-ring (bicyclic) bond motifs is 1. The Morgan fingerprint density at radius 3 is 2.86 bits per heavy atom. The second-order valence-corrected chi connectivity index (χ2v) is 6.50. The molecule has 2 aromatic heterocycles. The van der Waals surface area contributed by atoms with Gasteiger partial charge >= 0.3 is 0 Å². The third kappa shape index (κ3) is 5.26. The lowest BCUT2D eigenvalue weighted by Crippen LogP contribution is -2.29. The van der Waals surface area contributed by atoms with Crippen LogP contribution >= 0.6 is 0 Å². The fraction of sp³-hybridized carbons (Fsp3) is 0.238. The number of hydrogen-bond acceptors (Lipinski definition) is 5. The summed E-state index contributed by atoms with van der Waals surface area (Å²) in [6, 6.07) is 12.1. The summed E-state index contributed by atoms with van der Waals surface area (Å²) >= 11 is 0. The Bertz CT molecular complexity index is 934. The molecule has 0 aliphatic rings. The number of rotatable bonds is 9. The summed E-state index contributed by atoms with van der Waals surface area (Å²) < 4.78 is 0. The number of para-hydroxylation sites is 1. The van der Waals surface area contributed by atoms with Crippen LogP contribution in [-0.4, -0.2) is 50.8 Å². The van der Waals surface area contributed by atoms with Crippen molar-refractivity contribution in [1.29, 1.82) is 0 Å². The summed E-state index contributed by atoms with van der Waals surface area (Å²) in [7, 11) is 0. The number of aromatic amines is 1. The SMILES string of the molecule is O=C(/C=C/c1ccc(CN(CCO)CCc2cccc3cc[nH]c23)nc1)NO. The second-order valence-electron chi connectivity index (χ2n) is 6.50. The zero-order valence-corrected chi connectivity index (χ0v) is 15.5. The fourth-order valence-electron chi connectivity index (χ4n) is 3.11. The van der Waals surface area contributed by atoms with Gasteiger partial charge in [-0.3, -0.25) is 19.9 Å². The maximum absolute atomic E-state index is 11.0. The maximum atomic E-state index is 11.0. The minimum Gasteiger partial charge on any atom is -0.395 e. The summed E-state index contributed by atoms with van der Waals surface area (Å²) in [5.41, 5.74) is 5.60. The van der Waals surface area contributed by atoms with Crippen molar-refractivity contribution in [1.82, 2.24) is 20.3 Å². The van der Waals surface area contributed by atoms with E-state index in [0.29, 0.717) is 13.1 Å². The Morgan fingerprint density at radius 2 is 2.11 bits per heavy atom. The third-order valence-electron chi connectivity index (χ3n) is 4.56. The number of benzene rings is 1. The molecule has 3 aromatic rings. The van der Waals surface area contributed by atoms with Crippen LogP contribution in [0.25, 0.3) is 17.0 Å². The quantitative estimate of drug-likeness (QED) is 0.259. The van der Waals surface area contributed by atoms with Crippen LogP contribution < -0.4 is 5.48 Å². The van der Waals surface area contributed by atoms with Crippen molar-refractivity contribution in [2.75, 3.05) is 19.7 Å².